The van der Waals surface area contributed by atoms with Gasteiger partial charge in [-0.15, -0.1) is 0 Å². The summed E-state index contributed by atoms with van der Waals surface area (Å²) < 4.78 is 32.8. The van der Waals surface area contributed by atoms with Gasteiger partial charge in [0.1, 0.15) is 11.6 Å². The highest BCUT2D eigenvalue weighted by molar-refractivity contribution is 7.99. The molecule has 2 atom stereocenters. The van der Waals surface area contributed by atoms with E-state index in [9.17, 15) is 8.78 Å². The summed E-state index contributed by atoms with van der Waals surface area (Å²) in [4.78, 5) is 0. The fourth-order valence-electron chi connectivity index (χ4n) is 1.88. The van der Waals surface area contributed by atoms with Crippen LogP contribution in [-0.4, -0.2) is 24.2 Å². The number of ether oxygens (including phenoxy) is 1. The smallest absolute Gasteiger partial charge is 0.131 e. The predicted octanol–water partition coefficient (Wildman–Crippen LogP) is 1.60. The number of nitrogens with one attached hydrogen (secondary N) is 1. The van der Waals surface area contributed by atoms with Gasteiger partial charge < -0.3 is 4.74 Å². The van der Waals surface area contributed by atoms with Crippen molar-refractivity contribution in [1.29, 1.82) is 0 Å². The minimum Gasteiger partial charge on any atom is -0.374 e. The van der Waals surface area contributed by atoms with Crippen LogP contribution in [-0.2, 0) is 4.74 Å². The molecule has 17 heavy (non-hydrogen) atoms. The van der Waals surface area contributed by atoms with Gasteiger partial charge >= 0.3 is 0 Å². The molecule has 1 aliphatic rings. The summed E-state index contributed by atoms with van der Waals surface area (Å²) in [5.41, 5.74) is 2.40. The molecule has 1 aromatic rings. The van der Waals surface area contributed by atoms with E-state index >= 15 is 0 Å². The molecule has 0 aliphatic carbocycles. The minimum absolute atomic E-state index is 0.0532. The summed E-state index contributed by atoms with van der Waals surface area (Å²) in [6.45, 7) is 0.573. The molecule has 1 fully saturated rings. The first kappa shape index (κ1) is 12.8. The van der Waals surface area contributed by atoms with E-state index in [1.807, 2.05) is 0 Å². The van der Waals surface area contributed by atoms with Crippen molar-refractivity contribution in [2.45, 2.75) is 12.1 Å². The molecule has 0 aromatic heterocycles. The molecule has 0 spiro atoms. The molecule has 0 bridgehead atoms. The second kappa shape index (κ2) is 5.77. The van der Waals surface area contributed by atoms with Crippen molar-refractivity contribution in [3.63, 3.8) is 0 Å². The third-order valence-corrected chi connectivity index (χ3v) is 3.72. The molecule has 94 valence electrons. The first-order valence-corrected chi connectivity index (χ1v) is 6.49. The third kappa shape index (κ3) is 2.77. The van der Waals surface area contributed by atoms with E-state index < -0.39 is 17.7 Å². The van der Waals surface area contributed by atoms with Crippen molar-refractivity contribution in [3.8, 4) is 0 Å². The molecule has 0 saturated carbocycles. The Hall–Kier alpha value is -0.690. The average Bonchev–Trinajstić information content (AvgIpc) is 2.35. The number of hydrogen-bond donors (Lipinski definition) is 2. The normalized spacial score (nSPS) is 22.4. The molecule has 1 heterocycles. The molecule has 2 rings (SSSR count). The topological polar surface area (TPSA) is 47.3 Å². The summed E-state index contributed by atoms with van der Waals surface area (Å²) in [5, 5.41) is 0. The number of rotatable bonds is 3. The number of thioether (sulfide) groups is 1. The minimum atomic E-state index is -0.663. The average molecular weight is 260 g/mol. The molecule has 0 amide bonds. The van der Waals surface area contributed by atoms with Crippen molar-refractivity contribution in [1.82, 2.24) is 5.43 Å². The van der Waals surface area contributed by atoms with Crippen LogP contribution in [0.4, 0.5) is 8.78 Å². The van der Waals surface area contributed by atoms with Crippen LogP contribution < -0.4 is 11.3 Å². The maximum absolute atomic E-state index is 13.6. The van der Waals surface area contributed by atoms with Gasteiger partial charge in [-0.25, -0.2) is 8.78 Å². The van der Waals surface area contributed by atoms with E-state index in [1.165, 1.54) is 18.2 Å². The number of hydrogen-bond acceptors (Lipinski definition) is 4. The van der Waals surface area contributed by atoms with Crippen LogP contribution in [0.15, 0.2) is 18.2 Å². The first-order chi connectivity index (χ1) is 8.24. The van der Waals surface area contributed by atoms with E-state index in [1.54, 1.807) is 11.8 Å². The van der Waals surface area contributed by atoms with Crippen LogP contribution in [0.5, 0.6) is 0 Å². The zero-order valence-electron chi connectivity index (χ0n) is 9.16. The van der Waals surface area contributed by atoms with Crippen LogP contribution >= 0.6 is 11.8 Å². The summed E-state index contributed by atoms with van der Waals surface area (Å²) in [6.07, 6.45) is -0.315. The van der Waals surface area contributed by atoms with Crippen LogP contribution in [0, 0.1) is 11.6 Å². The van der Waals surface area contributed by atoms with Crippen LogP contribution in [0.3, 0.4) is 0 Å². The quantitative estimate of drug-likeness (QED) is 0.640. The van der Waals surface area contributed by atoms with Gasteiger partial charge in [-0.2, -0.15) is 11.8 Å². The maximum Gasteiger partial charge on any atom is 0.131 e. The lowest BCUT2D eigenvalue weighted by Crippen LogP contribution is -2.42. The fourth-order valence-corrected chi connectivity index (χ4v) is 2.78. The zero-order valence-corrected chi connectivity index (χ0v) is 9.97. The van der Waals surface area contributed by atoms with Crippen molar-refractivity contribution >= 4 is 11.8 Å². The van der Waals surface area contributed by atoms with Crippen LogP contribution in [0.2, 0.25) is 0 Å². The molecule has 6 heteroatoms. The second-order valence-corrected chi connectivity index (χ2v) is 4.91. The van der Waals surface area contributed by atoms with E-state index in [2.05, 4.69) is 5.43 Å². The van der Waals surface area contributed by atoms with Crippen molar-refractivity contribution in [3.05, 3.63) is 35.4 Å². The van der Waals surface area contributed by atoms with Crippen molar-refractivity contribution < 1.29 is 13.5 Å². The lowest BCUT2D eigenvalue weighted by atomic mass is 10.0. The number of benzene rings is 1. The second-order valence-electron chi connectivity index (χ2n) is 3.76. The molecule has 3 N–H and O–H groups in total. The van der Waals surface area contributed by atoms with Gasteiger partial charge in [0, 0.05) is 17.1 Å². The van der Waals surface area contributed by atoms with Gasteiger partial charge in [0.15, 0.2) is 0 Å². The summed E-state index contributed by atoms with van der Waals surface area (Å²) in [7, 11) is 0. The van der Waals surface area contributed by atoms with E-state index in [-0.39, 0.29) is 11.7 Å². The number of nitrogens with two attached hydrogens (primary N) is 1. The largest absolute Gasteiger partial charge is 0.374 e. The molecule has 1 aliphatic heterocycles. The Morgan fingerprint density at radius 2 is 2.12 bits per heavy atom. The highest BCUT2D eigenvalue weighted by Gasteiger charge is 2.29. The van der Waals surface area contributed by atoms with Crippen LogP contribution in [0.25, 0.3) is 0 Å². The monoisotopic (exact) mass is 260 g/mol. The molecule has 1 saturated heterocycles. The molecule has 0 radical (unpaired) electrons. The van der Waals surface area contributed by atoms with Gasteiger partial charge in [-0.3, -0.25) is 11.3 Å². The lowest BCUT2D eigenvalue weighted by Gasteiger charge is -2.30. The third-order valence-electron chi connectivity index (χ3n) is 2.70. The van der Waals surface area contributed by atoms with Crippen molar-refractivity contribution in [2.24, 2.45) is 5.84 Å². The Morgan fingerprint density at radius 3 is 2.65 bits per heavy atom. The Morgan fingerprint density at radius 1 is 1.41 bits per heavy atom. The van der Waals surface area contributed by atoms with Gasteiger partial charge in [0.25, 0.3) is 0 Å². The van der Waals surface area contributed by atoms with E-state index in [0.717, 1.165) is 5.75 Å². The molecular formula is C11H14F2N2OS. The van der Waals surface area contributed by atoms with Gasteiger partial charge in [0.05, 0.1) is 18.8 Å². The predicted molar refractivity (Wildman–Crippen MR) is 63.5 cm³/mol. The van der Waals surface area contributed by atoms with Crippen LogP contribution in [0.1, 0.15) is 11.6 Å². The Bertz CT molecular complexity index is 365. The zero-order chi connectivity index (χ0) is 12.3. The molecule has 2 unspecified atom stereocenters. The van der Waals surface area contributed by atoms with Gasteiger partial charge in [-0.1, -0.05) is 6.07 Å². The molecular weight excluding hydrogens is 246 g/mol. The Labute approximate surface area is 103 Å². The highest BCUT2D eigenvalue weighted by Crippen LogP contribution is 2.28. The maximum atomic E-state index is 13.6. The SMILES string of the molecule is NNC(c1c(F)cccc1F)C1CSCCO1. The molecule has 1 aromatic carbocycles. The first-order valence-electron chi connectivity index (χ1n) is 5.33. The summed E-state index contributed by atoms with van der Waals surface area (Å²) >= 11 is 1.69. The number of hydrazine groups is 1. The standard InChI is InChI=1S/C11H14F2N2OS/c12-7-2-1-3-8(13)10(7)11(15-14)9-6-17-5-4-16-9/h1-3,9,11,15H,4-6,14H2. The molecule has 3 nitrogen and oxygen atoms in total. The van der Waals surface area contributed by atoms with Crippen molar-refractivity contribution in [2.75, 3.05) is 18.1 Å². The van der Waals surface area contributed by atoms with Gasteiger partial charge in [0.2, 0.25) is 0 Å². The highest BCUT2D eigenvalue weighted by atomic mass is 32.2. The van der Waals surface area contributed by atoms with E-state index in [4.69, 9.17) is 10.6 Å². The number of halogens is 2. The Balaban J connectivity index is 2.27. The van der Waals surface area contributed by atoms with Gasteiger partial charge in [-0.05, 0) is 12.1 Å². The summed E-state index contributed by atoms with van der Waals surface area (Å²) in [5.74, 6) is 5.76. The van der Waals surface area contributed by atoms with E-state index in [0.29, 0.717) is 12.4 Å². The Kier molecular flexibility index (Phi) is 4.33. The fraction of sp³-hybridized carbons (Fsp3) is 0.455. The lowest BCUT2D eigenvalue weighted by molar-refractivity contribution is 0.0448. The summed E-state index contributed by atoms with van der Waals surface area (Å²) in [6, 6.07) is 3.11.